The second-order valence-electron chi connectivity index (χ2n) is 28.1. The largest absolute Gasteiger partial charge is 0.508 e. The number of ketones is 1. The van der Waals surface area contributed by atoms with Crippen LogP contribution in [0.2, 0.25) is 0 Å². The van der Waals surface area contributed by atoms with Crippen molar-refractivity contribution in [2.24, 2.45) is 0 Å². The van der Waals surface area contributed by atoms with Gasteiger partial charge in [0, 0.05) is 11.1 Å². The predicted molar refractivity (Wildman–Crippen MR) is 433 cm³/mol. The van der Waals surface area contributed by atoms with Crippen LogP contribution in [0, 0.1) is 104 Å². The van der Waals surface area contributed by atoms with Crippen LogP contribution in [0.25, 0.3) is 28.0 Å². The van der Waals surface area contributed by atoms with Gasteiger partial charge in [0.1, 0.15) is 23.0 Å². The number of carbonyl (C=O) groups is 4. The fraction of sp³-hybridized carbons (Fsp3) is 0.234. The number of hydrogen-bond donors (Lipinski definition) is 7. The van der Waals surface area contributed by atoms with Gasteiger partial charge in [-0.2, -0.15) is 26.3 Å². The zero-order chi connectivity index (χ0) is 82.2. The van der Waals surface area contributed by atoms with Crippen molar-refractivity contribution in [2.75, 3.05) is 0 Å². The summed E-state index contributed by atoms with van der Waals surface area (Å²) in [6, 6.07) is 57.0. The molecule has 0 aromatic heterocycles. The smallest absolute Gasteiger partial charge is 0.411 e. The molecule has 11 rings (SSSR count). The van der Waals surface area contributed by atoms with Gasteiger partial charge in [0.2, 0.25) is 5.41 Å². The number of carboxylic acids is 3. The zero-order valence-corrected chi connectivity index (χ0v) is 64.7. The fourth-order valence-corrected chi connectivity index (χ4v) is 12.4. The van der Waals surface area contributed by atoms with Crippen LogP contribution in [0.15, 0.2) is 207 Å². The first-order valence-electron chi connectivity index (χ1n) is 35.1. The number of phenols is 3. The molecule has 0 aliphatic rings. The zero-order valence-electron chi connectivity index (χ0n) is 64.7. The Hall–Kier alpha value is -12.0. The summed E-state index contributed by atoms with van der Waals surface area (Å²) in [6.45, 7) is 33.1. The van der Waals surface area contributed by atoms with Crippen molar-refractivity contribution in [3.8, 4) is 39.5 Å². The molecule has 7 N–H and O–H groups in total. The lowest BCUT2D eigenvalue weighted by Gasteiger charge is -2.38. The Labute approximate surface area is 647 Å². The maximum absolute atomic E-state index is 13.9. The third-order valence-corrected chi connectivity index (χ3v) is 18.6. The number of phenolic OH excluding ortho intramolecular Hbond substituents is 3. The van der Waals surface area contributed by atoms with Gasteiger partial charge in [-0.3, -0.25) is 4.79 Å². The number of carbonyl (C=O) groups excluding carboxylic acids is 1. The predicted octanol–water partition coefficient (Wildman–Crippen LogP) is 24.3. The second kappa shape index (κ2) is 38.4. The summed E-state index contributed by atoms with van der Waals surface area (Å²) in [5, 5.41) is 65.1. The molecular weight excluding hydrogens is 1420 g/mol. The average Bonchev–Trinajstić information content (AvgIpc) is 0.713. The van der Waals surface area contributed by atoms with Gasteiger partial charge >= 0.3 is 30.3 Å². The normalized spacial score (nSPS) is 10.9. The Balaban J connectivity index is 0.000000241. The first kappa shape index (κ1) is 89.6. The monoisotopic (exact) mass is 1520 g/mol. The number of halogens is 6. The van der Waals surface area contributed by atoms with Gasteiger partial charge in [0.25, 0.3) is 0 Å². The Bertz CT molecular complexity index is 4680. The van der Waals surface area contributed by atoms with Gasteiger partial charge in [-0.25, -0.2) is 14.4 Å². The van der Waals surface area contributed by atoms with Gasteiger partial charge < -0.3 is 35.7 Å². The van der Waals surface area contributed by atoms with Gasteiger partial charge in [0.05, 0.1) is 16.7 Å². The highest BCUT2D eigenvalue weighted by atomic mass is 19.4. The third kappa shape index (κ3) is 24.5. The highest BCUT2D eigenvalue weighted by Gasteiger charge is 2.72. The number of aliphatic hydroxyl groups excluding tert-OH is 1. The number of aryl methyl sites for hydroxylation is 15. The highest BCUT2D eigenvalue weighted by molar-refractivity contribution is 5.94. The molecule has 0 spiro atoms. The van der Waals surface area contributed by atoms with Crippen molar-refractivity contribution in [1.82, 2.24) is 0 Å². The number of Topliss-reactive ketones (excluding diaryl/α,β-unsaturated/α-hetero) is 1. The van der Waals surface area contributed by atoms with Gasteiger partial charge in [-0.15, -0.1) is 0 Å². The molecule has 11 aromatic rings. The maximum atomic E-state index is 13.9. The third-order valence-electron chi connectivity index (χ3n) is 18.6. The highest BCUT2D eigenvalue weighted by Crippen LogP contribution is 2.57. The maximum Gasteiger partial charge on any atom is 0.411 e. The lowest BCUT2D eigenvalue weighted by atomic mass is 9.72. The molecule has 0 saturated heterocycles. The number of alkyl halides is 6. The van der Waals surface area contributed by atoms with Crippen molar-refractivity contribution < 1.29 is 81.3 Å². The summed E-state index contributed by atoms with van der Waals surface area (Å²) in [5.41, 5.74) is 18.5. The van der Waals surface area contributed by atoms with E-state index in [2.05, 4.69) is 70.7 Å². The standard InChI is InChI=1S/C18H16F6O.2C18H18O3.2C15H16O.C9H10O2.CH4/c1-10-4-5-13(8-11(10)2)16(17(19,20)21,18(22,23)24)14-6-7-15(25)12(3)9-14;2*1-11-4-14(9-16(6-11)13(3)19)8-15-5-12(2)7-17(10-15)18(20)21;1-10-4-6-13(8-12(10)3)14-7-5-11(2)15(16)9-14;1-10-4-5-13(8-11(10)2)14-6-7-15(16)12(3)9-14;1-6-3-7(2)5-8(4-6)9(10)11;/h4-9,25H,1-3H3;4-7,9-10H,8H2,1-3H3,(H,20,21);4-7,9-10,19H,3,8H2,1-2H3,(H,20,21);2*4-9,16H,1-3H3;3-5H,1-2H3,(H,10,11);1H4. The van der Waals surface area contributed by atoms with Crippen LogP contribution in [-0.2, 0) is 18.3 Å². The summed E-state index contributed by atoms with van der Waals surface area (Å²) in [7, 11) is 0. The van der Waals surface area contributed by atoms with Crippen LogP contribution in [-0.4, -0.2) is 71.8 Å². The molecule has 111 heavy (non-hydrogen) atoms. The Morgan fingerprint density at radius 2 is 0.568 bits per heavy atom. The summed E-state index contributed by atoms with van der Waals surface area (Å²) in [4.78, 5) is 44.2. The van der Waals surface area contributed by atoms with E-state index in [1.165, 1.54) is 47.7 Å². The Morgan fingerprint density at radius 3 is 0.901 bits per heavy atom. The van der Waals surface area contributed by atoms with Crippen molar-refractivity contribution >= 4 is 29.5 Å². The van der Waals surface area contributed by atoms with E-state index in [1.807, 2.05) is 140 Å². The van der Waals surface area contributed by atoms with Crippen LogP contribution >= 0.6 is 0 Å². The number of rotatable bonds is 13. The van der Waals surface area contributed by atoms with E-state index >= 15 is 0 Å². The van der Waals surface area contributed by atoms with Crippen molar-refractivity contribution in [1.29, 1.82) is 0 Å². The minimum atomic E-state index is -5.63. The lowest BCUT2D eigenvalue weighted by Crippen LogP contribution is -2.54. The summed E-state index contributed by atoms with van der Waals surface area (Å²) in [5.74, 6) is -2.30. The van der Waals surface area contributed by atoms with Crippen LogP contribution in [0.1, 0.15) is 178 Å². The number of aliphatic hydroxyl groups is 1. The molecule has 11 nitrogen and oxygen atoms in total. The Morgan fingerprint density at radius 1 is 0.297 bits per heavy atom. The summed E-state index contributed by atoms with van der Waals surface area (Å²) in [6.07, 6.45) is -10.0. The van der Waals surface area contributed by atoms with Crippen LogP contribution in [0.5, 0.6) is 17.2 Å². The van der Waals surface area contributed by atoms with E-state index in [0.29, 0.717) is 69.4 Å². The first-order chi connectivity index (χ1) is 51.3. The van der Waals surface area contributed by atoms with Crippen molar-refractivity contribution in [3.63, 3.8) is 0 Å². The van der Waals surface area contributed by atoms with Crippen LogP contribution in [0.3, 0.4) is 0 Å². The molecule has 0 unspecified atom stereocenters. The molecule has 0 aliphatic carbocycles. The first-order valence-corrected chi connectivity index (χ1v) is 35.1. The molecule has 0 radical (unpaired) electrons. The quantitative estimate of drug-likeness (QED) is 0.0328. The molecule has 11 aromatic carbocycles. The summed E-state index contributed by atoms with van der Waals surface area (Å²) < 4.78 is 83.5. The molecule has 0 bridgehead atoms. The molecule has 0 saturated carbocycles. The van der Waals surface area contributed by atoms with E-state index in [1.54, 1.807) is 56.3 Å². The minimum Gasteiger partial charge on any atom is -0.508 e. The lowest BCUT2D eigenvalue weighted by molar-refractivity contribution is -0.288. The number of benzene rings is 11. The molecule has 0 heterocycles. The molecule has 582 valence electrons. The van der Waals surface area contributed by atoms with Crippen molar-refractivity contribution in [2.45, 2.75) is 149 Å². The van der Waals surface area contributed by atoms with E-state index in [4.69, 9.17) is 15.3 Å². The van der Waals surface area contributed by atoms with Crippen LogP contribution in [0.4, 0.5) is 26.3 Å². The molecule has 0 amide bonds. The summed E-state index contributed by atoms with van der Waals surface area (Å²) >= 11 is 0. The number of aromatic carboxylic acids is 3. The molecule has 0 atom stereocenters. The number of hydrogen-bond acceptors (Lipinski definition) is 8. The molecule has 0 aliphatic heterocycles. The molecular formula is C94H98F6O11. The van der Waals surface area contributed by atoms with Gasteiger partial charge in [0.15, 0.2) is 5.78 Å². The van der Waals surface area contributed by atoms with Crippen LogP contribution < -0.4 is 0 Å². The topological polar surface area (TPSA) is 210 Å². The van der Waals surface area contributed by atoms with Gasteiger partial charge in [-0.05, 0) is 325 Å². The van der Waals surface area contributed by atoms with Crippen molar-refractivity contribution in [3.05, 3.63) is 351 Å². The molecule has 0 fully saturated rings. The Kier molecular flexibility index (Phi) is 31.0. The number of aromatic hydroxyl groups is 3. The molecule has 17 heteroatoms. The number of carboxylic acid groups (broad SMARTS) is 3. The fourth-order valence-electron chi connectivity index (χ4n) is 12.4. The minimum absolute atomic E-state index is 0. The SMILES string of the molecule is C.C=C(O)c1cc(C)cc(Cc2cc(C)cc(C(=O)O)c2)c1.CC(=O)c1cc(C)cc(Cc2cc(C)cc(C(=O)O)c2)c1.Cc1cc(C)cc(C(=O)O)c1.Cc1ccc(-c2ccc(C)c(O)c2)cc1C.Cc1ccc(-c2ccc(O)c(C)c2)cc1C.Cc1ccc(C(c2ccc(O)c(C)c2)(C(F)(F)F)C(F)(F)F)cc1C. The van der Waals surface area contributed by atoms with Gasteiger partial charge in [-0.1, -0.05) is 152 Å². The second-order valence-corrected chi connectivity index (χ2v) is 28.1. The van der Waals surface area contributed by atoms with E-state index in [-0.39, 0.29) is 30.3 Å². The van der Waals surface area contributed by atoms with E-state index in [9.17, 15) is 65.9 Å². The average molecular weight is 1520 g/mol. The van der Waals surface area contributed by atoms with E-state index < -0.39 is 46.8 Å². The van der Waals surface area contributed by atoms with E-state index in [0.717, 1.165) is 108 Å².